The normalized spacial score (nSPS) is 18.9. The highest BCUT2D eigenvalue weighted by Crippen LogP contribution is 2.28. The average molecular weight is 296 g/mol. The van der Waals surface area contributed by atoms with Gasteiger partial charge < -0.3 is 14.7 Å². The molecule has 1 aliphatic heterocycles. The van der Waals surface area contributed by atoms with Crippen molar-refractivity contribution in [3.63, 3.8) is 0 Å². The molecule has 0 aromatic heterocycles. The van der Waals surface area contributed by atoms with Crippen LogP contribution in [-0.2, 0) is 9.53 Å². The summed E-state index contributed by atoms with van der Waals surface area (Å²) in [4.78, 5) is 12.8. The SMILES string of the molecule is COCC1CCN(c2ccc(/C=C/C(=O)O)c(Cl)c2)C1. The molecule has 108 valence electrons. The predicted octanol–water partition coefficient (Wildman–Crippen LogP) is 2.91. The van der Waals surface area contributed by atoms with Gasteiger partial charge in [-0.3, -0.25) is 0 Å². The van der Waals surface area contributed by atoms with Crippen LogP contribution in [0.15, 0.2) is 24.3 Å². The minimum absolute atomic E-state index is 0.561. The number of rotatable bonds is 5. The first kappa shape index (κ1) is 14.9. The Balaban J connectivity index is 2.08. The Kier molecular flexibility index (Phi) is 5.04. The second-order valence-electron chi connectivity index (χ2n) is 4.93. The number of nitrogens with zero attached hydrogens (tertiary/aromatic N) is 1. The van der Waals surface area contributed by atoms with Crippen molar-refractivity contribution >= 4 is 29.3 Å². The number of anilines is 1. The molecule has 0 amide bonds. The van der Waals surface area contributed by atoms with Gasteiger partial charge in [0.2, 0.25) is 0 Å². The lowest BCUT2D eigenvalue weighted by Crippen LogP contribution is -2.20. The second-order valence-corrected chi connectivity index (χ2v) is 5.34. The number of aliphatic carboxylic acids is 1. The molecular weight excluding hydrogens is 278 g/mol. The third kappa shape index (κ3) is 3.74. The van der Waals surface area contributed by atoms with E-state index in [1.54, 1.807) is 7.11 Å². The summed E-state index contributed by atoms with van der Waals surface area (Å²) in [5, 5.41) is 9.19. The summed E-state index contributed by atoms with van der Waals surface area (Å²) >= 11 is 6.19. The number of ether oxygens (including phenoxy) is 1. The Bertz CT molecular complexity index is 516. The highest BCUT2D eigenvalue weighted by molar-refractivity contribution is 6.32. The van der Waals surface area contributed by atoms with E-state index in [9.17, 15) is 4.79 Å². The maximum Gasteiger partial charge on any atom is 0.328 e. The van der Waals surface area contributed by atoms with Gasteiger partial charge in [0.05, 0.1) is 6.61 Å². The lowest BCUT2D eigenvalue weighted by atomic mass is 10.1. The smallest absolute Gasteiger partial charge is 0.328 e. The summed E-state index contributed by atoms with van der Waals surface area (Å²) < 4.78 is 5.19. The molecule has 0 bridgehead atoms. The van der Waals surface area contributed by atoms with E-state index in [1.165, 1.54) is 6.08 Å². The van der Waals surface area contributed by atoms with Gasteiger partial charge in [-0.1, -0.05) is 17.7 Å². The summed E-state index contributed by atoms with van der Waals surface area (Å²) in [6.45, 7) is 2.74. The topological polar surface area (TPSA) is 49.8 Å². The van der Waals surface area contributed by atoms with Crippen LogP contribution < -0.4 is 4.90 Å². The Hall–Kier alpha value is -1.52. The fourth-order valence-corrected chi connectivity index (χ4v) is 2.69. The van der Waals surface area contributed by atoms with Gasteiger partial charge in [0.15, 0.2) is 0 Å². The van der Waals surface area contributed by atoms with Gasteiger partial charge in [-0.05, 0) is 30.2 Å². The summed E-state index contributed by atoms with van der Waals surface area (Å²) in [5.41, 5.74) is 1.78. The maximum atomic E-state index is 10.5. The molecular formula is C15H18ClNO3. The van der Waals surface area contributed by atoms with Crippen molar-refractivity contribution in [2.24, 2.45) is 5.92 Å². The van der Waals surface area contributed by atoms with Crippen LogP contribution in [0, 0.1) is 5.92 Å². The van der Waals surface area contributed by atoms with Crippen molar-refractivity contribution in [1.29, 1.82) is 0 Å². The summed E-state index contributed by atoms with van der Waals surface area (Å²) in [5.74, 6) is -0.419. The molecule has 1 atom stereocenters. The van der Waals surface area contributed by atoms with Gasteiger partial charge in [-0.25, -0.2) is 4.79 Å². The minimum Gasteiger partial charge on any atom is -0.478 e. The fraction of sp³-hybridized carbons (Fsp3) is 0.400. The molecule has 2 rings (SSSR count). The van der Waals surface area contributed by atoms with Gasteiger partial charge in [-0.2, -0.15) is 0 Å². The minimum atomic E-state index is -0.980. The molecule has 0 aliphatic carbocycles. The third-order valence-electron chi connectivity index (χ3n) is 3.44. The number of hydrogen-bond donors (Lipinski definition) is 1. The van der Waals surface area contributed by atoms with Gasteiger partial charge >= 0.3 is 5.97 Å². The fourth-order valence-electron chi connectivity index (χ4n) is 2.45. The zero-order chi connectivity index (χ0) is 14.5. The molecule has 1 fully saturated rings. The molecule has 1 aliphatic rings. The summed E-state index contributed by atoms with van der Waals surface area (Å²) in [6.07, 6.45) is 3.71. The monoisotopic (exact) mass is 295 g/mol. The molecule has 20 heavy (non-hydrogen) atoms. The summed E-state index contributed by atoms with van der Waals surface area (Å²) in [7, 11) is 1.73. The van der Waals surface area contributed by atoms with Crippen molar-refractivity contribution in [2.45, 2.75) is 6.42 Å². The third-order valence-corrected chi connectivity index (χ3v) is 3.77. The average Bonchev–Trinajstić information content (AvgIpc) is 2.86. The molecule has 0 spiro atoms. The molecule has 1 N–H and O–H groups in total. The number of halogens is 1. The van der Waals surface area contributed by atoms with E-state index in [4.69, 9.17) is 21.4 Å². The zero-order valence-electron chi connectivity index (χ0n) is 11.4. The van der Waals surface area contributed by atoms with E-state index in [-0.39, 0.29) is 0 Å². The highest BCUT2D eigenvalue weighted by Gasteiger charge is 2.22. The molecule has 5 heteroatoms. The van der Waals surface area contributed by atoms with Crippen LogP contribution in [0.25, 0.3) is 6.08 Å². The van der Waals surface area contributed by atoms with Crippen LogP contribution >= 0.6 is 11.6 Å². The second kappa shape index (κ2) is 6.77. The number of carbonyl (C=O) groups is 1. The van der Waals surface area contributed by atoms with Crippen molar-refractivity contribution in [2.75, 3.05) is 31.7 Å². The molecule has 1 aromatic rings. The molecule has 1 aromatic carbocycles. The van der Waals surface area contributed by atoms with Crippen LogP contribution in [0.4, 0.5) is 5.69 Å². The Morgan fingerprint density at radius 2 is 2.40 bits per heavy atom. The number of carboxylic acid groups (broad SMARTS) is 1. The lowest BCUT2D eigenvalue weighted by Gasteiger charge is -2.19. The number of carboxylic acids is 1. The standard InChI is InChI=1S/C15H18ClNO3/c1-20-10-11-6-7-17(9-11)13-4-2-12(14(16)8-13)3-5-15(18)19/h2-5,8,11H,6-7,9-10H2,1H3,(H,18,19)/b5-3+. The van der Waals surface area contributed by atoms with E-state index >= 15 is 0 Å². The molecule has 1 saturated heterocycles. The number of methoxy groups -OCH3 is 1. The van der Waals surface area contributed by atoms with Gasteiger partial charge in [0.1, 0.15) is 0 Å². The van der Waals surface area contributed by atoms with Gasteiger partial charge in [0, 0.05) is 42.9 Å². The predicted molar refractivity (Wildman–Crippen MR) is 80.3 cm³/mol. The molecule has 0 radical (unpaired) electrons. The zero-order valence-corrected chi connectivity index (χ0v) is 12.1. The van der Waals surface area contributed by atoms with E-state index in [1.807, 2.05) is 18.2 Å². The lowest BCUT2D eigenvalue weighted by molar-refractivity contribution is -0.131. The quantitative estimate of drug-likeness (QED) is 0.849. The first-order valence-electron chi connectivity index (χ1n) is 6.54. The molecule has 0 saturated carbocycles. The summed E-state index contributed by atoms with van der Waals surface area (Å²) in [6, 6.07) is 5.71. The van der Waals surface area contributed by atoms with Crippen molar-refractivity contribution < 1.29 is 14.6 Å². The van der Waals surface area contributed by atoms with Crippen molar-refractivity contribution in [3.05, 3.63) is 34.9 Å². The molecule has 1 heterocycles. The molecule has 1 unspecified atom stereocenters. The van der Waals surface area contributed by atoms with Crippen LogP contribution in [0.5, 0.6) is 0 Å². The number of benzene rings is 1. The number of hydrogen-bond acceptors (Lipinski definition) is 3. The molecule has 4 nitrogen and oxygen atoms in total. The van der Waals surface area contributed by atoms with E-state index in [2.05, 4.69) is 4.90 Å². The van der Waals surface area contributed by atoms with Crippen molar-refractivity contribution in [3.8, 4) is 0 Å². The van der Waals surface area contributed by atoms with Crippen molar-refractivity contribution in [1.82, 2.24) is 0 Å². The van der Waals surface area contributed by atoms with Crippen LogP contribution in [0.2, 0.25) is 5.02 Å². The maximum absolute atomic E-state index is 10.5. The Morgan fingerprint density at radius 1 is 1.60 bits per heavy atom. The Labute approximate surface area is 123 Å². The van der Waals surface area contributed by atoms with Crippen LogP contribution in [0.3, 0.4) is 0 Å². The van der Waals surface area contributed by atoms with E-state index in [0.717, 1.165) is 37.9 Å². The van der Waals surface area contributed by atoms with Gasteiger partial charge in [-0.15, -0.1) is 0 Å². The highest BCUT2D eigenvalue weighted by atomic mass is 35.5. The Morgan fingerprint density at radius 3 is 3.05 bits per heavy atom. The van der Waals surface area contributed by atoms with Gasteiger partial charge in [0.25, 0.3) is 0 Å². The van der Waals surface area contributed by atoms with E-state index in [0.29, 0.717) is 16.5 Å². The first-order valence-corrected chi connectivity index (χ1v) is 6.92. The van der Waals surface area contributed by atoms with Crippen LogP contribution in [-0.4, -0.2) is 37.9 Å². The first-order chi connectivity index (χ1) is 9.60. The van der Waals surface area contributed by atoms with E-state index < -0.39 is 5.97 Å². The largest absolute Gasteiger partial charge is 0.478 e. The van der Waals surface area contributed by atoms with Crippen LogP contribution in [0.1, 0.15) is 12.0 Å².